The van der Waals surface area contributed by atoms with Crippen LogP contribution < -0.4 is 0 Å². The maximum Gasteiger partial charge on any atom is 0.265 e. The van der Waals surface area contributed by atoms with Gasteiger partial charge >= 0.3 is 0 Å². The van der Waals surface area contributed by atoms with Gasteiger partial charge < -0.3 is 0 Å². The van der Waals surface area contributed by atoms with E-state index in [2.05, 4.69) is 11.2 Å². The summed E-state index contributed by atoms with van der Waals surface area (Å²) in [6.07, 6.45) is 1.81. The molecule has 0 bridgehead atoms. The molecule has 0 saturated heterocycles. The molecule has 1 aliphatic rings. The number of hydrogen-bond donors (Lipinski definition) is 0. The van der Waals surface area contributed by atoms with Crippen LogP contribution >= 0.6 is 0 Å². The maximum atomic E-state index is 11.9. The number of nitrogens with zero attached hydrogens (tertiary/aromatic N) is 1. The Labute approximate surface area is 114 Å². The minimum atomic E-state index is -1.54. The van der Waals surface area contributed by atoms with Crippen molar-refractivity contribution in [1.29, 1.82) is 0 Å². The smallest absolute Gasteiger partial charge is 0.265 e. The highest BCUT2D eigenvalue weighted by atomic mass is 32.2. The van der Waals surface area contributed by atoms with Crippen molar-refractivity contribution in [2.45, 2.75) is 17.7 Å². The third kappa shape index (κ3) is 2.58. The highest BCUT2D eigenvalue weighted by Gasteiger charge is 2.18. The molecule has 2 aromatic carbocycles. The van der Waals surface area contributed by atoms with E-state index in [0.717, 1.165) is 24.1 Å². The van der Waals surface area contributed by atoms with Crippen molar-refractivity contribution in [2.75, 3.05) is 0 Å². The molecule has 1 aliphatic carbocycles. The molecule has 0 aromatic heterocycles. The highest BCUT2D eigenvalue weighted by Crippen LogP contribution is 2.22. The second-order valence-electron chi connectivity index (χ2n) is 4.32. The summed E-state index contributed by atoms with van der Waals surface area (Å²) in [5, 5.41) is 4.06. The number of fused-ring (bicyclic) bond motifs is 1. The zero-order chi connectivity index (χ0) is 13.1. The lowest BCUT2D eigenvalue weighted by Gasteiger charge is -2.01. The van der Waals surface area contributed by atoms with Crippen molar-refractivity contribution in [2.24, 2.45) is 5.16 Å². The first kappa shape index (κ1) is 12.1. The number of hydrogen-bond acceptors (Lipinski definition) is 3. The van der Waals surface area contributed by atoms with Crippen LogP contribution in [0.4, 0.5) is 0 Å². The molecule has 19 heavy (non-hydrogen) atoms. The van der Waals surface area contributed by atoms with Crippen molar-refractivity contribution in [3.8, 4) is 0 Å². The maximum absolute atomic E-state index is 11.9. The summed E-state index contributed by atoms with van der Waals surface area (Å²) < 4.78 is 17.0. The SMILES string of the molecule is O=S(ON=C1CCc2ccccc21)c1ccccc1. The van der Waals surface area contributed by atoms with Crippen LogP contribution in [-0.4, -0.2) is 9.92 Å². The molecule has 3 rings (SSSR count). The second kappa shape index (κ2) is 5.36. The minimum Gasteiger partial charge on any atom is -0.287 e. The number of aryl methyl sites for hydroxylation is 1. The van der Waals surface area contributed by atoms with E-state index in [1.807, 2.05) is 36.4 Å². The summed E-state index contributed by atoms with van der Waals surface area (Å²) in [5.74, 6) is 0. The molecule has 1 unspecified atom stereocenters. The normalized spacial score (nSPS) is 17.2. The van der Waals surface area contributed by atoms with Crippen molar-refractivity contribution < 1.29 is 8.49 Å². The van der Waals surface area contributed by atoms with Crippen LogP contribution in [0, 0.1) is 0 Å². The average molecular weight is 271 g/mol. The molecule has 0 aliphatic heterocycles. The predicted molar refractivity (Wildman–Crippen MR) is 75.2 cm³/mol. The van der Waals surface area contributed by atoms with Gasteiger partial charge in [0.25, 0.3) is 11.1 Å². The molecule has 96 valence electrons. The lowest BCUT2D eigenvalue weighted by molar-refractivity contribution is 0.373. The highest BCUT2D eigenvalue weighted by molar-refractivity contribution is 7.80. The first-order valence-electron chi connectivity index (χ1n) is 6.14. The molecule has 0 amide bonds. The average Bonchev–Trinajstić information content (AvgIpc) is 2.89. The first-order chi connectivity index (χ1) is 9.34. The zero-order valence-corrected chi connectivity index (χ0v) is 11.1. The van der Waals surface area contributed by atoms with E-state index in [4.69, 9.17) is 4.28 Å². The fourth-order valence-corrected chi connectivity index (χ4v) is 2.78. The Hall–Kier alpha value is -1.94. The summed E-state index contributed by atoms with van der Waals surface area (Å²) in [6.45, 7) is 0. The van der Waals surface area contributed by atoms with Gasteiger partial charge in [0.2, 0.25) is 0 Å². The van der Waals surface area contributed by atoms with Crippen LogP contribution in [0.2, 0.25) is 0 Å². The van der Waals surface area contributed by atoms with Crippen molar-refractivity contribution >= 4 is 16.8 Å². The Balaban J connectivity index is 1.77. The first-order valence-corrected chi connectivity index (χ1v) is 7.21. The van der Waals surface area contributed by atoms with Gasteiger partial charge in [-0.2, -0.15) is 0 Å². The molecular weight excluding hydrogens is 258 g/mol. The Morgan fingerprint density at radius 2 is 1.68 bits per heavy atom. The molecule has 1 atom stereocenters. The van der Waals surface area contributed by atoms with Crippen LogP contribution in [0.5, 0.6) is 0 Å². The molecule has 2 aromatic rings. The van der Waals surface area contributed by atoms with Crippen LogP contribution in [0.1, 0.15) is 17.5 Å². The van der Waals surface area contributed by atoms with Crippen molar-refractivity contribution in [3.63, 3.8) is 0 Å². The second-order valence-corrected chi connectivity index (χ2v) is 5.41. The Morgan fingerprint density at radius 1 is 0.947 bits per heavy atom. The molecular formula is C15H13NO2S. The van der Waals surface area contributed by atoms with Crippen molar-refractivity contribution in [1.82, 2.24) is 0 Å². The van der Waals surface area contributed by atoms with Gasteiger partial charge in [-0.15, -0.1) is 0 Å². The number of oxime groups is 1. The number of benzene rings is 2. The Morgan fingerprint density at radius 3 is 2.53 bits per heavy atom. The van der Waals surface area contributed by atoms with Gasteiger partial charge in [-0.25, -0.2) is 4.21 Å². The molecule has 0 fully saturated rings. The molecule has 0 saturated carbocycles. The molecule has 0 spiro atoms. The van der Waals surface area contributed by atoms with Gasteiger partial charge in [0.05, 0.1) is 10.6 Å². The molecule has 0 radical (unpaired) electrons. The van der Waals surface area contributed by atoms with Gasteiger partial charge in [0.1, 0.15) is 0 Å². The summed E-state index contributed by atoms with van der Waals surface area (Å²) in [5.41, 5.74) is 3.25. The van der Waals surface area contributed by atoms with Crippen LogP contribution in [0.3, 0.4) is 0 Å². The Bertz CT molecular complexity index is 638. The lowest BCUT2D eigenvalue weighted by Crippen LogP contribution is -1.99. The quantitative estimate of drug-likeness (QED) is 0.805. The topological polar surface area (TPSA) is 38.7 Å². The summed E-state index contributed by atoms with van der Waals surface area (Å²) in [4.78, 5) is 0.623. The summed E-state index contributed by atoms with van der Waals surface area (Å²) >= 11 is -1.54. The van der Waals surface area contributed by atoms with Gasteiger partial charge in [-0.1, -0.05) is 47.6 Å². The standard InChI is InChI=1S/C15H13NO2S/c17-19(13-7-2-1-3-8-13)18-16-15-11-10-12-6-4-5-9-14(12)15/h1-9H,10-11H2. The van der Waals surface area contributed by atoms with Crippen LogP contribution in [0.15, 0.2) is 64.6 Å². The van der Waals surface area contributed by atoms with Gasteiger partial charge in [0.15, 0.2) is 0 Å². The lowest BCUT2D eigenvalue weighted by atomic mass is 10.1. The van der Waals surface area contributed by atoms with E-state index in [1.165, 1.54) is 5.56 Å². The van der Waals surface area contributed by atoms with E-state index in [0.29, 0.717) is 4.90 Å². The van der Waals surface area contributed by atoms with E-state index in [9.17, 15) is 4.21 Å². The largest absolute Gasteiger partial charge is 0.287 e. The Kier molecular flexibility index (Phi) is 3.42. The van der Waals surface area contributed by atoms with Crippen molar-refractivity contribution in [3.05, 3.63) is 65.7 Å². The zero-order valence-electron chi connectivity index (χ0n) is 10.3. The predicted octanol–water partition coefficient (Wildman–Crippen LogP) is 3.08. The van der Waals surface area contributed by atoms with Gasteiger partial charge in [0, 0.05) is 5.56 Å². The monoisotopic (exact) mass is 271 g/mol. The van der Waals surface area contributed by atoms with E-state index in [-0.39, 0.29) is 0 Å². The molecule has 0 N–H and O–H groups in total. The fourth-order valence-electron chi connectivity index (χ4n) is 2.16. The summed E-state index contributed by atoms with van der Waals surface area (Å²) in [6, 6.07) is 17.2. The van der Waals surface area contributed by atoms with Crippen LogP contribution in [0.25, 0.3) is 0 Å². The minimum absolute atomic E-state index is 0.623. The molecule has 3 nitrogen and oxygen atoms in total. The van der Waals surface area contributed by atoms with E-state index in [1.54, 1.807) is 12.1 Å². The molecule has 4 heteroatoms. The van der Waals surface area contributed by atoms with E-state index < -0.39 is 11.1 Å². The van der Waals surface area contributed by atoms with E-state index >= 15 is 0 Å². The van der Waals surface area contributed by atoms with Gasteiger partial charge in [-0.3, -0.25) is 4.28 Å². The molecule has 0 heterocycles. The summed E-state index contributed by atoms with van der Waals surface area (Å²) in [7, 11) is 0. The van der Waals surface area contributed by atoms with Gasteiger partial charge in [-0.05, 0) is 30.5 Å². The number of rotatable bonds is 3. The van der Waals surface area contributed by atoms with Crippen LogP contribution in [-0.2, 0) is 21.8 Å². The third-order valence-electron chi connectivity index (χ3n) is 3.11. The third-order valence-corrected chi connectivity index (χ3v) is 3.98. The fraction of sp³-hybridized carbons (Fsp3) is 0.133.